The van der Waals surface area contributed by atoms with Gasteiger partial charge in [-0.15, -0.1) is 0 Å². The van der Waals surface area contributed by atoms with Crippen LogP contribution in [0.5, 0.6) is 0 Å². The van der Waals surface area contributed by atoms with E-state index in [2.05, 4.69) is 15.6 Å². The highest BCUT2D eigenvalue weighted by Gasteiger charge is 2.18. The highest BCUT2D eigenvalue weighted by molar-refractivity contribution is 7.99. The van der Waals surface area contributed by atoms with Gasteiger partial charge in [-0.3, -0.25) is 4.79 Å². The molecule has 0 bridgehead atoms. The largest absolute Gasteiger partial charge is 0.323 e. The van der Waals surface area contributed by atoms with Gasteiger partial charge in [0.05, 0.1) is 5.69 Å². The molecule has 0 radical (unpaired) electrons. The van der Waals surface area contributed by atoms with Crippen LogP contribution in [0, 0.1) is 6.92 Å². The molecule has 19 heavy (non-hydrogen) atoms. The summed E-state index contributed by atoms with van der Waals surface area (Å²) in [5, 5.41) is 6.69. The number of anilines is 1. The van der Waals surface area contributed by atoms with Crippen molar-refractivity contribution in [2.45, 2.75) is 19.4 Å². The molecule has 0 aliphatic carbocycles. The van der Waals surface area contributed by atoms with E-state index in [1.54, 1.807) is 6.07 Å². The first-order valence-corrected chi connectivity index (χ1v) is 7.91. The minimum absolute atomic E-state index is 0.0610. The van der Waals surface area contributed by atoms with Crippen LogP contribution in [0.25, 0.3) is 0 Å². The molecule has 1 aromatic rings. The highest BCUT2D eigenvalue weighted by atomic mass is 35.5. The molecule has 1 amide bonds. The molecule has 1 unspecified atom stereocenters. The number of aryl methyl sites for hydroxylation is 1. The van der Waals surface area contributed by atoms with Gasteiger partial charge in [-0.05, 0) is 18.6 Å². The van der Waals surface area contributed by atoms with Gasteiger partial charge in [0.15, 0.2) is 5.15 Å². The number of pyridine rings is 1. The third kappa shape index (κ3) is 4.24. The predicted octanol–water partition coefficient (Wildman–Crippen LogP) is 2.73. The average Bonchev–Trinajstić information content (AvgIpc) is 2.35. The van der Waals surface area contributed by atoms with Crippen LogP contribution in [-0.2, 0) is 4.79 Å². The molecule has 2 N–H and O–H groups in total. The van der Waals surface area contributed by atoms with Crippen LogP contribution in [0.2, 0.25) is 10.3 Å². The first kappa shape index (κ1) is 14.9. The normalized spacial score (nSPS) is 19.2. The van der Waals surface area contributed by atoms with Crippen molar-refractivity contribution >= 4 is 46.6 Å². The van der Waals surface area contributed by atoms with Crippen molar-refractivity contribution in [2.24, 2.45) is 0 Å². The van der Waals surface area contributed by atoms with Gasteiger partial charge < -0.3 is 10.6 Å². The lowest BCUT2D eigenvalue weighted by atomic mass is 10.2. The summed E-state index contributed by atoms with van der Waals surface area (Å²) < 4.78 is 0. The van der Waals surface area contributed by atoms with Crippen LogP contribution in [0.1, 0.15) is 12.0 Å². The van der Waals surface area contributed by atoms with Crippen molar-refractivity contribution in [1.29, 1.82) is 0 Å². The van der Waals surface area contributed by atoms with Crippen molar-refractivity contribution in [3.63, 3.8) is 0 Å². The summed E-state index contributed by atoms with van der Waals surface area (Å²) in [7, 11) is 0. The molecule has 2 rings (SSSR count). The lowest BCUT2D eigenvalue weighted by Crippen LogP contribution is -2.40. The fourth-order valence-electron chi connectivity index (χ4n) is 1.91. The van der Waals surface area contributed by atoms with Gasteiger partial charge in [0.2, 0.25) is 5.91 Å². The van der Waals surface area contributed by atoms with Gasteiger partial charge in [0, 0.05) is 30.5 Å². The van der Waals surface area contributed by atoms with E-state index in [4.69, 9.17) is 23.2 Å². The zero-order chi connectivity index (χ0) is 13.8. The Morgan fingerprint density at radius 1 is 1.63 bits per heavy atom. The van der Waals surface area contributed by atoms with Crippen molar-refractivity contribution in [1.82, 2.24) is 10.3 Å². The Morgan fingerprint density at radius 2 is 2.42 bits per heavy atom. The number of rotatable bonds is 3. The van der Waals surface area contributed by atoms with Crippen molar-refractivity contribution < 1.29 is 4.79 Å². The quantitative estimate of drug-likeness (QED) is 0.841. The summed E-state index contributed by atoms with van der Waals surface area (Å²) in [6.07, 6.45) is 0.436. The smallest absolute Gasteiger partial charge is 0.226 e. The van der Waals surface area contributed by atoms with E-state index in [9.17, 15) is 4.79 Å². The SMILES string of the molecule is Cc1cc(Cl)nc(Cl)c1NC(=O)CC1CSCCN1. The number of nitrogens with zero attached hydrogens (tertiary/aromatic N) is 1. The highest BCUT2D eigenvalue weighted by Crippen LogP contribution is 2.26. The van der Waals surface area contributed by atoms with Gasteiger partial charge in [-0.2, -0.15) is 11.8 Å². The second-order valence-electron chi connectivity index (χ2n) is 4.41. The molecular weight excluding hydrogens is 305 g/mol. The van der Waals surface area contributed by atoms with Crippen LogP contribution >= 0.6 is 35.0 Å². The fraction of sp³-hybridized carbons (Fsp3) is 0.500. The van der Waals surface area contributed by atoms with Crippen LogP contribution in [0.15, 0.2) is 6.07 Å². The van der Waals surface area contributed by atoms with Crippen LogP contribution in [-0.4, -0.2) is 35.0 Å². The molecule has 1 aliphatic heterocycles. The van der Waals surface area contributed by atoms with E-state index in [0.29, 0.717) is 17.3 Å². The van der Waals surface area contributed by atoms with E-state index in [0.717, 1.165) is 23.6 Å². The third-order valence-electron chi connectivity index (χ3n) is 2.84. The first-order chi connectivity index (χ1) is 9.06. The molecule has 1 fully saturated rings. The van der Waals surface area contributed by atoms with Gasteiger partial charge >= 0.3 is 0 Å². The topological polar surface area (TPSA) is 54.0 Å². The molecule has 1 atom stereocenters. The predicted molar refractivity (Wildman–Crippen MR) is 81.4 cm³/mol. The zero-order valence-corrected chi connectivity index (χ0v) is 12.8. The molecule has 104 valence electrons. The van der Waals surface area contributed by atoms with Gasteiger partial charge in [-0.25, -0.2) is 4.98 Å². The number of aromatic nitrogens is 1. The second-order valence-corrected chi connectivity index (χ2v) is 6.30. The van der Waals surface area contributed by atoms with E-state index in [1.165, 1.54) is 0 Å². The lowest BCUT2D eigenvalue weighted by molar-refractivity contribution is -0.116. The number of hydrogen-bond acceptors (Lipinski definition) is 4. The summed E-state index contributed by atoms with van der Waals surface area (Å²) in [6.45, 7) is 2.79. The van der Waals surface area contributed by atoms with Gasteiger partial charge in [0.25, 0.3) is 0 Å². The minimum Gasteiger partial charge on any atom is -0.323 e. The summed E-state index contributed by atoms with van der Waals surface area (Å²) in [4.78, 5) is 15.9. The average molecular weight is 320 g/mol. The maximum atomic E-state index is 12.0. The molecule has 0 aromatic carbocycles. The molecule has 1 aromatic heterocycles. The summed E-state index contributed by atoms with van der Waals surface area (Å²) >= 11 is 13.6. The zero-order valence-electron chi connectivity index (χ0n) is 10.5. The van der Waals surface area contributed by atoms with Crippen LogP contribution in [0.4, 0.5) is 5.69 Å². The van der Waals surface area contributed by atoms with E-state index >= 15 is 0 Å². The van der Waals surface area contributed by atoms with Gasteiger partial charge in [0.1, 0.15) is 5.15 Å². The number of carbonyl (C=O) groups is 1. The van der Waals surface area contributed by atoms with Crippen molar-refractivity contribution in [3.05, 3.63) is 21.9 Å². The third-order valence-corrected chi connectivity index (χ3v) is 4.43. The maximum Gasteiger partial charge on any atom is 0.226 e. The number of carbonyl (C=O) groups excluding carboxylic acids is 1. The van der Waals surface area contributed by atoms with E-state index in [1.807, 2.05) is 18.7 Å². The minimum atomic E-state index is -0.0610. The molecule has 7 heteroatoms. The Balaban J connectivity index is 1.98. The molecule has 0 saturated carbocycles. The monoisotopic (exact) mass is 319 g/mol. The van der Waals surface area contributed by atoms with Crippen molar-refractivity contribution in [3.8, 4) is 0 Å². The van der Waals surface area contributed by atoms with Gasteiger partial charge in [-0.1, -0.05) is 23.2 Å². The maximum absolute atomic E-state index is 12.0. The molecule has 4 nitrogen and oxygen atoms in total. The Morgan fingerprint density at radius 3 is 3.05 bits per heavy atom. The number of amides is 1. The summed E-state index contributed by atoms with van der Waals surface area (Å²) in [5.74, 6) is 2.00. The van der Waals surface area contributed by atoms with E-state index in [-0.39, 0.29) is 17.1 Å². The number of halogens is 2. The Bertz CT molecular complexity index is 455. The standard InChI is InChI=1S/C12H15Cl2N3OS/c1-7-4-9(13)16-12(14)11(7)17-10(18)5-8-6-19-3-2-15-8/h4,8,15H,2-3,5-6H2,1H3,(H,17,18). The number of nitrogens with one attached hydrogen (secondary N) is 2. The lowest BCUT2D eigenvalue weighted by Gasteiger charge is -2.22. The van der Waals surface area contributed by atoms with Crippen LogP contribution in [0.3, 0.4) is 0 Å². The molecule has 2 heterocycles. The summed E-state index contributed by atoms with van der Waals surface area (Å²) in [6, 6.07) is 1.90. The van der Waals surface area contributed by atoms with Crippen molar-refractivity contribution in [2.75, 3.05) is 23.4 Å². The Kier molecular flexibility index (Phi) is 5.33. The second kappa shape index (κ2) is 6.79. The first-order valence-electron chi connectivity index (χ1n) is 6.00. The fourth-order valence-corrected chi connectivity index (χ4v) is 3.44. The molecule has 0 spiro atoms. The molecule has 1 saturated heterocycles. The molecular formula is C12H15Cl2N3OS. The Hall–Kier alpha value is -0.490. The van der Waals surface area contributed by atoms with E-state index < -0.39 is 0 Å². The number of thioether (sulfide) groups is 1. The Labute approximate surface area is 126 Å². The molecule has 1 aliphatic rings. The number of hydrogen-bond donors (Lipinski definition) is 2. The summed E-state index contributed by atoms with van der Waals surface area (Å²) in [5.41, 5.74) is 1.35. The van der Waals surface area contributed by atoms with Crippen LogP contribution < -0.4 is 10.6 Å².